The molecule has 18 heavy (non-hydrogen) atoms. The molecule has 0 amide bonds. The van der Waals surface area contributed by atoms with E-state index in [4.69, 9.17) is 0 Å². The van der Waals surface area contributed by atoms with E-state index in [2.05, 4.69) is 0 Å². The second-order valence-electron chi connectivity index (χ2n) is 3.55. The number of nitro groups is 2. The Balaban J connectivity index is 3.27. The molecule has 0 saturated carbocycles. The maximum absolute atomic E-state index is 11.5. The SMILES string of the molecule is CC(=O)CC(=O)c1cc([N+](=O)[O-])cc([N+](=O)[O-])c1. The van der Waals surface area contributed by atoms with Crippen LogP contribution >= 0.6 is 0 Å². The van der Waals surface area contributed by atoms with Gasteiger partial charge in [0.2, 0.25) is 0 Å². The van der Waals surface area contributed by atoms with Crippen molar-refractivity contribution in [3.63, 3.8) is 0 Å². The van der Waals surface area contributed by atoms with Crippen LogP contribution < -0.4 is 0 Å². The zero-order chi connectivity index (χ0) is 13.9. The number of hydrogen-bond donors (Lipinski definition) is 0. The van der Waals surface area contributed by atoms with Gasteiger partial charge in [0.15, 0.2) is 5.78 Å². The molecular weight excluding hydrogens is 244 g/mol. The first kappa shape index (κ1) is 13.4. The van der Waals surface area contributed by atoms with E-state index in [0.29, 0.717) is 0 Å². The van der Waals surface area contributed by atoms with Gasteiger partial charge >= 0.3 is 0 Å². The summed E-state index contributed by atoms with van der Waals surface area (Å²) in [5, 5.41) is 21.2. The summed E-state index contributed by atoms with van der Waals surface area (Å²) in [5.74, 6) is -1.11. The van der Waals surface area contributed by atoms with Gasteiger partial charge in [-0.25, -0.2) is 0 Å². The number of nitrogens with zero attached hydrogens (tertiary/aromatic N) is 2. The number of Topliss-reactive ketones (excluding diaryl/α,β-unsaturated/α-hetero) is 2. The highest BCUT2D eigenvalue weighted by Crippen LogP contribution is 2.23. The van der Waals surface area contributed by atoms with Crippen LogP contribution in [0.15, 0.2) is 18.2 Å². The molecule has 0 aromatic heterocycles. The molecule has 0 aliphatic carbocycles. The van der Waals surface area contributed by atoms with Crippen LogP contribution in [-0.2, 0) is 4.79 Å². The van der Waals surface area contributed by atoms with Crippen LogP contribution in [0.1, 0.15) is 23.7 Å². The molecule has 0 saturated heterocycles. The largest absolute Gasteiger partial charge is 0.300 e. The first-order valence-corrected chi connectivity index (χ1v) is 4.77. The third-order valence-electron chi connectivity index (χ3n) is 2.06. The lowest BCUT2D eigenvalue weighted by Gasteiger charge is -1.99. The second kappa shape index (κ2) is 5.13. The van der Waals surface area contributed by atoms with Crippen molar-refractivity contribution in [2.24, 2.45) is 0 Å². The van der Waals surface area contributed by atoms with Crippen LogP contribution in [0.5, 0.6) is 0 Å². The number of non-ortho nitro benzene ring substituents is 2. The quantitative estimate of drug-likeness (QED) is 0.340. The average Bonchev–Trinajstić information content (AvgIpc) is 2.27. The summed E-state index contributed by atoms with van der Waals surface area (Å²) in [6.07, 6.45) is -0.446. The lowest BCUT2D eigenvalue weighted by molar-refractivity contribution is -0.394. The van der Waals surface area contributed by atoms with Gasteiger partial charge in [-0.2, -0.15) is 0 Å². The van der Waals surface area contributed by atoms with Crippen molar-refractivity contribution >= 4 is 22.9 Å². The molecule has 0 N–H and O–H groups in total. The van der Waals surface area contributed by atoms with E-state index in [-0.39, 0.29) is 5.56 Å². The van der Waals surface area contributed by atoms with Gasteiger partial charge < -0.3 is 0 Å². The summed E-state index contributed by atoms with van der Waals surface area (Å²) >= 11 is 0. The smallest absolute Gasteiger partial charge is 0.277 e. The molecule has 0 bridgehead atoms. The molecule has 1 aromatic rings. The van der Waals surface area contributed by atoms with Crippen LogP contribution in [-0.4, -0.2) is 21.4 Å². The maximum Gasteiger partial charge on any atom is 0.277 e. The molecule has 94 valence electrons. The van der Waals surface area contributed by atoms with Crippen LogP contribution in [0, 0.1) is 20.2 Å². The first-order chi connectivity index (χ1) is 8.31. The maximum atomic E-state index is 11.5. The van der Waals surface area contributed by atoms with Crippen LogP contribution in [0.25, 0.3) is 0 Å². The van der Waals surface area contributed by atoms with Crippen molar-refractivity contribution in [3.8, 4) is 0 Å². The molecule has 0 aliphatic heterocycles. The minimum absolute atomic E-state index is 0.217. The minimum Gasteiger partial charge on any atom is -0.300 e. The summed E-state index contributed by atoms with van der Waals surface area (Å²) < 4.78 is 0. The first-order valence-electron chi connectivity index (χ1n) is 4.77. The van der Waals surface area contributed by atoms with Crippen molar-refractivity contribution in [2.75, 3.05) is 0 Å². The van der Waals surface area contributed by atoms with E-state index in [1.165, 1.54) is 6.92 Å². The number of nitro benzene ring substituents is 2. The molecule has 0 heterocycles. The van der Waals surface area contributed by atoms with E-state index in [1.54, 1.807) is 0 Å². The predicted molar refractivity (Wildman–Crippen MR) is 59.4 cm³/mol. The van der Waals surface area contributed by atoms with Crippen LogP contribution in [0.4, 0.5) is 11.4 Å². The zero-order valence-corrected chi connectivity index (χ0v) is 9.28. The Morgan fingerprint density at radius 3 is 1.83 bits per heavy atom. The fourth-order valence-electron chi connectivity index (χ4n) is 1.30. The highest BCUT2D eigenvalue weighted by molar-refractivity contribution is 6.07. The van der Waals surface area contributed by atoms with Gasteiger partial charge in [-0.3, -0.25) is 29.8 Å². The Morgan fingerprint density at radius 1 is 1.06 bits per heavy atom. The van der Waals surface area contributed by atoms with Gasteiger partial charge in [-0.15, -0.1) is 0 Å². The highest BCUT2D eigenvalue weighted by Gasteiger charge is 2.20. The molecule has 1 rings (SSSR count). The zero-order valence-electron chi connectivity index (χ0n) is 9.28. The lowest BCUT2D eigenvalue weighted by atomic mass is 10.1. The summed E-state index contributed by atoms with van der Waals surface area (Å²) in [5.41, 5.74) is -1.33. The molecule has 8 heteroatoms. The third kappa shape index (κ3) is 3.17. The van der Waals surface area contributed by atoms with E-state index in [0.717, 1.165) is 18.2 Å². The third-order valence-corrected chi connectivity index (χ3v) is 2.06. The van der Waals surface area contributed by atoms with Crippen molar-refractivity contribution in [1.82, 2.24) is 0 Å². The molecule has 0 fully saturated rings. The molecule has 0 atom stereocenters. The minimum atomic E-state index is -0.836. The fourth-order valence-corrected chi connectivity index (χ4v) is 1.30. The Kier molecular flexibility index (Phi) is 3.82. The number of carbonyl (C=O) groups excluding carboxylic acids is 2. The molecule has 8 nitrogen and oxygen atoms in total. The number of rotatable bonds is 5. The lowest BCUT2D eigenvalue weighted by Crippen LogP contribution is -2.06. The summed E-state index contributed by atoms with van der Waals surface area (Å²) in [4.78, 5) is 41.8. The van der Waals surface area contributed by atoms with Gasteiger partial charge in [-0.1, -0.05) is 0 Å². The average molecular weight is 252 g/mol. The van der Waals surface area contributed by atoms with E-state index >= 15 is 0 Å². The Bertz CT molecular complexity index is 519. The molecule has 0 unspecified atom stereocenters. The number of ketones is 2. The monoisotopic (exact) mass is 252 g/mol. The highest BCUT2D eigenvalue weighted by atomic mass is 16.6. The fraction of sp³-hybridized carbons (Fsp3) is 0.200. The predicted octanol–water partition coefficient (Wildman–Crippen LogP) is 1.66. The number of hydrogen-bond acceptors (Lipinski definition) is 6. The Hall–Kier alpha value is -2.64. The molecule has 0 aliphatic rings. The topological polar surface area (TPSA) is 120 Å². The van der Waals surface area contributed by atoms with Gasteiger partial charge in [0.1, 0.15) is 5.78 Å². The van der Waals surface area contributed by atoms with Crippen molar-refractivity contribution in [2.45, 2.75) is 13.3 Å². The van der Waals surface area contributed by atoms with Crippen molar-refractivity contribution in [3.05, 3.63) is 44.0 Å². The van der Waals surface area contributed by atoms with Gasteiger partial charge in [0, 0.05) is 17.7 Å². The van der Waals surface area contributed by atoms with Crippen LogP contribution in [0.3, 0.4) is 0 Å². The van der Waals surface area contributed by atoms with Gasteiger partial charge in [-0.05, 0) is 6.92 Å². The number of carbonyl (C=O) groups is 2. The molecule has 0 radical (unpaired) electrons. The number of benzene rings is 1. The molecule has 1 aromatic carbocycles. The van der Waals surface area contributed by atoms with Crippen molar-refractivity contribution in [1.29, 1.82) is 0 Å². The van der Waals surface area contributed by atoms with E-state index in [1.807, 2.05) is 0 Å². The van der Waals surface area contributed by atoms with Gasteiger partial charge in [0.05, 0.1) is 22.3 Å². The van der Waals surface area contributed by atoms with E-state index in [9.17, 15) is 29.8 Å². The summed E-state index contributed by atoms with van der Waals surface area (Å²) in [6, 6.07) is 2.58. The van der Waals surface area contributed by atoms with E-state index < -0.39 is 39.2 Å². The summed E-state index contributed by atoms with van der Waals surface area (Å²) in [6.45, 7) is 1.18. The van der Waals surface area contributed by atoms with Crippen LogP contribution in [0.2, 0.25) is 0 Å². The Morgan fingerprint density at radius 2 is 1.50 bits per heavy atom. The second-order valence-corrected chi connectivity index (χ2v) is 3.55. The molecule has 0 spiro atoms. The Labute approximate surface area is 101 Å². The summed E-state index contributed by atoms with van der Waals surface area (Å²) in [7, 11) is 0. The van der Waals surface area contributed by atoms with Crippen molar-refractivity contribution < 1.29 is 19.4 Å². The normalized spacial score (nSPS) is 9.83. The standard InChI is InChI=1S/C10H8N2O6/c1-6(13)2-10(14)7-3-8(11(15)16)5-9(4-7)12(17)18/h3-5H,2H2,1H3. The molecular formula is C10H8N2O6. The van der Waals surface area contributed by atoms with Gasteiger partial charge in [0.25, 0.3) is 11.4 Å².